The number of nitriles is 1. The lowest BCUT2D eigenvalue weighted by atomic mass is 10.2. The van der Waals surface area contributed by atoms with E-state index in [1.54, 1.807) is 55.5 Å². The molecule has 2 aromatic carbocycles. The third-order valence-electron chi connectivity index (χ3n) is 3.57. The van der Waals surface area contributed by atoms with Crippen molar-refractivity contribution < 1.29 is 19.1 Å². The molecule has 0 fully saturated rings. The van der Waals surface area contributed by atoms with E-state index >= 15 is 0 Å². The van der Waals surface area contributed by atoms with Crippen molar-refractivity contribution in [2.24, 2.45) is 0 Å². The highest BCUT2D eigenvalue weighted by Crippen LogP contribution is 2.16. The zero-order valence-electron chi connectivity index (χ0n) is 15.7. The first kappa shape index (κ1) is 20.5. The van der Waals surface area contributed by atoms with E-state index < -0.39 is 11.9 Å². The summed E-state index contributed by atoms with van der Waals surface area (Å²) in [6.45, 7) is 4.48. The van der Waals surface area contributed by atoms with Crippen LogP contribution in [0.5, 0.6) is 5.75 Å². The molecule has 2 rings (SSSR count). The Hall–Kier alpha value is -3.79. The second-order valence-electron chi connectivity index (χ2n) is 5.52. The Balaban J connectivity index is 1.99. The molecule has 2 N–H and O–H groups in total. The number of nitrogens with zero attached hydrogens (tertiary/aromatic N) is 1. The molecule has 0 saturated carbocycles. The van der Waals surface area contributed by atoms with Crippen LogP contribution in [0.1, 0.15) is 24.2 Å². The molecule has 0 spiro atoms. The van der Waals surface area contributed by atoms with Crippen LogP contribution in [-0.2, 0) is 9.53 Å². The summed E-state index contributed by atoms with van der Waals surface area (Å²) in [6, 6.07) is 15.2. The van der Waals surface area contributed by atoms with Crippen molar-refractivity contribution in [3.63, 3.8) is 0 Å². The van der Waals surface area contributed by atoms with E-state index in [0.29, 0.717) is 35.9 Å². The van der Waals surface area contributed by atoms with Crippen molar-refractivity contribution >= 4 is 23.3 Å². The molecule has 0 saturated heterocycles. The summed E-state index contributed by atoms with van der Waals surface area (Å²) in [6.07, 6.45) is 1.31. The monoisotopic (exact) mass is 379 g/mol. The minimum Gasteiger partial charge on any atom is -0.494 e. The average Bonchev–Trinajstić information content (AvgIpc) is 2.71. The van der Waals surface area contributed by atoms with E-state index in [1.165, 1.54) is 6.20 Å². The highest BCUT2D eigenvalue weighted by Gasteiger charge is 2.10. The SMILES string of the molecule is CCOC(=O)c1ccc(N/C=C(/C#N)C(=O)Nc2ccc(OCC)cc2)cc1. The van der Waals surface area contributed by atoms with Crippen LogP contribution in [0.25, 0.3) is 0 Å². The normalized spacial score (nSPS) is 10.5. The lowest BCUT2D eigenvalue weighted by Gasteiger charge is -2.07. The number of benzene rings is 2. The number of nitrogens with one attached hydrogen (secondary N) is 2. The fourth-order valence-corrected chi connectivity index (χ4v) is 2.22. The van der Waals surface area contributed by atoms with Crippen LogP contribution in [0.2, 0.25) is 0 Å². The Morgan fingerprint density at radius 3 is 2.21 bits per heavy atom. The Kier molecular flexibility index (Phi) is 7.61. The van der Waals surface area contributed by atoms with E-state index in [1.807, 2.05) is 13.0 Å². The molecule has 0 bridgehead atoms. The number of ether oxygens (including phenoxy) is 2. The van der Waals surface area contributed by atoms with Crippen molar-refractivity contribution in [2.45, 2.75) is 13.8 Å². The molecule has 2 aromatic rings. The van der Waals surface area contributed by atoms with Gasteiger partial charge in [-0.3, -0.25) is 4.79 Å². The first-order chi connectivity index (χ1) is 13.6. The summed E-state index contributed by atoms with van der Waals surface area (Å²) in [5.74, 6) is -0.246. The summed E-state index contributed by atoms with van der Waals surface area (Å²) in [4.78, 5) is 23.9. The predicted octanol–water partition coefficient (Wildman–Crippen LogP) is 3.72. The fraction of sp³-hybridized carbons (Fsp3) is 0.190. The molecule has 0 aromatic heterocycles. The largest absolute Gasteiger partial charge is 0.494 e. The van der Waals surface area contributed by atoms with E-state index in [9.17, 15) is 14.9 Å². The van der Waals surface area contributed by atoms with E-state index in [2.05, 4.69) is 10.6 Å². The van der Waals surface area contributed by atoms with Gasteiger partial charge in [-0.1, -0.05) is 0 Å². The van der Waals surface area contributed by atoms with Gasteiger partial charge in [0.15, 0.2) is 0 Å². The van der Waals surface area contributed by atoms with Crippen LogP contribution in [0, 0.1) is 11.3 Å². The van der Waals surface area contributed by atoms with Crippen LogP contribution in [0.4, 0.5) is 11.4 Å². The van der Waals surface area contributed by atoms with Gasteiger partial charge in [0.05, 0.1) is 18.8 Å². The standard InChI is InChI=1S/C21H21N3O4/c1-3-27-19-11-9-18(10-12-19)24-20(25)16(13-22)14-23-17-7-5-15(6-8-17)21(26)28-4-2/h5-12,14,23H,3-4H2,1-2H3,(H,24,25)/b16-14-. The van der Waals surface area contributed by atoms with Crippen molar-refractivity contribution in [1.29, 1.82) is 5.26 Å². The number of hydrogen-bond acceptors (Lipinski definition) is 6. The van der Waals surface area contributed by atoms with Crippen molar-refractivity contribution in [3.8, 4) is 11.8 Å². The molecule has 28 heavy (non-hydrogen) atoms. The highest BCUT2D eigenvalue weighted by atomic mass is 16.5. The predicted molar refractivity (Wildman–Crippen MR) is 106 cm³/mol. The van der Waals surface area contributed by atoms with Crippen LogP contribution >= 0.6 is 0 Å². The summed E-state index contributed by atoms with van der Waals surface area (Å²) in [5, 5.41) is 14.8. The molecule has 7 nitrogen and oxygen atoms in total. The molecular weight excluding hydrogens is 358 g/mol. The quantitative estimate of drug-likeness (QED) is 0.412. The third kappa shape index (κ3) is 5.88. The zero-order valence-corrected chi connectivity index (χ0v) is 15.7. The van der Waals surface area contributed by atoms with E-state index in [0.717, 1.165) is 0 Å². The molecule has 0 aliphatic heterocycles. The van der Waals surface area contributed by atoms with Crippen molar-refractivity contribution in [3.05, 3.63) is 65.9 Å². The van der Waals surface area contributed by atoms with Gasteiger partial charge in [0.1, 0.15) is 17.4 Å². The Labute approximate surface area is 163 Å². The molecule has 7 heteroatoms. The highest BCUT2D eigenvalue weighted by molar-refractivity contribution is 6.06. The maximum atomic E-state index is 12.3. The van der Waals surface area contributed by atoms with E-state index in [-0.39, 0.29) is 5.57 Å². The second kappa shape index (κ2) is 10.4. The Morgan fingerprint density at radius 2 is 1.64 bits per heavy atom. The number of amides is 1. The first-order valence-corrected chi connectivity index (χ1v) is 8.75. The molecule has 0 radical (unpaired) electrons. The van der Waals surface area contributed by atoms with Gasteiger partial charge < -0.3 is 20.1 Å². The number of rotatable bonds is 8. The van der Waals surface area contributed by atoms with Crippen molar-refractivity contribution in [1.82, 2.24) is 0 Å². The van der Waals surface area contributed by atoms with Gasteiger partial charge in [-0.15, -0.1) is 0 Å². The summed E-state index contributed by atoms with van der Waals surface area (Å²) < 4.78 is 10.3. The molecule has 1 amide bonds. The van der Waals surface area contributed by atoms with Gasteiger partial charge in [-0.05, 0) is 62.4 Å². The molecular formula is C21H21N3O4. The first-order valence-electron chi connectivity index (χ1n) is 8.75. The van der Waals surface area contributed by atoms with Crippen molar-refractivity contribution in [2.75, 3.05) is 23.8 Å². The Morgan fingerprint density at radius 1 is 1.00 bits per heavy atom. The summed E-state index contributed by atoms with van der Waals surface area (Å²) in [5.41, 5.74) is 1.50. The number of hydrogen-bond donors (Lipinski definition) is 2. The number of anilines is 2. The smallest absolute Gasteiger partial charge is 0.338 e. The maximum absolute atomic E-state index is 12.3. The number of carbonyl (C=O) groups is 2. The van der Waals surface area contributed by atoms with Crippen LogP contribution in [-0.4, -0.2) is 25.1 Å². The van der Waals surface area contributed by atoms with E-state index in [4.69, 9.17) is 9.47 Å². The number of esters is 1. The van der Waals surface area contributed by atoms with Crippen LogP contribution in [0.3, 0.4) is 0 Å². The van der Waals surface area contributed by atoms with Crippen LogP contribution < -0.4 is 15.4 Å². The topological polar surface area (TPSA) is 100 Å². The van der Waals surface area contributed by atoms with Gasteiger partial charge >= 0.3 is 5.97 Å². The van der Waals surface area contributed by atoms with Gasteiger partial charge in [0, 0.05) is 17.6 Å². The Bertz CT molecular complexity index is 881. The van der Waals surface area contributed by atoms with Crippen LogP contribution in [0.15, 0.2) is 60.3 Å². The second-order valence-corrected chi connectivity index (χ2v) is 5.52. The number of carbonyl (C=O) groups excluding carboxylic acids is 2. The average molecular weight is 379 g/mol. The van der Waals surface area contributed by atoms with Gasteiger partial charge in [-0.2, -0.15) is 5.26 Å². The zero-order chi connectivity index (χ0) is 20.4. The molecule has 0 aliphatic carbocycles. The summed E-state index contributed by atoms with van der Waals surface area (Å²) >= 11 is 0. The fourth-order valence-electron chi connectivity index (χ4n) is 2.22. The third-order valence-corrected chi connectivity index (χ3v) is 3.57. The van der Waals surface area contributed by atoms with Gasteiger partial charge in [0.25, 0.3) is 5.91 Å². The lowest BCUT2D eigenvalue weighted by Crippen LogP contribution is -2.14. The minimum atomic E-state index is -0.540. The molecule has 0 heterocycles. The molecule has 0 atom stereocenters. The lowest BCUT2D eigenvalue weighted by molar-refractivity contribution is -0.112. The molecule has 0 unspecified atom stereocenters. The molecule has 0 aliphatic rings. The van der Waals surface area contributed by atoms with Gasteiger partial charge in [-0.25, -0.2) is 4.79 Å². The summed E-state index contributed by atoms with van der Waals surface area (Å²) in [7, 11) is 0. The molecule has 144 valence electrons. The van der Waals surface area contributed by atoms with Gasteiger partial charge in [0.2, 0.25) is 0 Å². The maximum Gasteiger partial charge on any atom is 0.338 e. The minimum absolute atomic E-state index is 0.0941.